The van der Waals surface area contributed by atoms with Crippen LogP contribution in [0, 0.1) is 6.92 Å². The summed E-state index contributed by atoms with van der Waals surface area (Å²) in [6.45, 7) is 2.70. The molecule has 0 aromatic carbocycles. The minimum absolute atomic E-state index is 0.108. The van der Waals surface area contributed by atoms with Crippen LogP contribution in [0.25, 0.3) is 0 Å². The van der Waals surface area contributed by atoms with E-state index in [0.717, 1.165) is 4.88 Å². The number of hydrogen-bond donors (Lipinski definition) is 1. The van der Waals surface area contributed by atoms with Crippen LogP contribution in [0.15, 0.2) is 37.6 Å². The molecular weight excluding hydrogens is 458 g/mol. The summed E-state index contributed by atoms with van der Waals surface area (Å²) in [6, 6.07) is 6.47. The van der Waals surface area contributed by atoms with Crippen LogP contribution in [0.2, 0.25) is 0 Å². The summed E-state index contributed by atoms with van der Waals surface area (Å²) in [7, 11) is -3.52. The second kappa shape index (κ2) is 8.13. The number of thiophene rings is 1. The Balaban J connectivity index is 1.51. The number of nitrogens with zero attached hydrogens (tertiary/aromatic N) is 2. The summed E-state index contributed by atoms with van der Waals surface area (Å²) in [6.07, 6.45) is 0. The largest absolute Gasteiger partial charge is 0.444 e. The number of sulfonamides is 1. The molecule has 3 heterocycles. The number of carbonyl (C=O) groups excluding carboxylic acids is 2. The molecule has 0 spiro atoms. The third-order valence-electron chi connectivity index (χ3n) is 4.10. The average molecular weight is 476 g/mol. The van der Waals surface area contributed by atoms with Crippen molar-refractivity contribution in [2.45, 2.75) is 11.1 Å². The summed E-state index contributed by atoms with van der Waals surface area (Å²) >= 11 is 4.34. The molecule has 2 amide bonds. The van der Waals surface area contributed by atoms with Gasteiger partial charge in [0.2, 0.25) is 5.91 Å². The monoisotopic (exact) mass is 475 g/mol. The number of amides is 2. The highest BCUT2D eigenvalue weighted by molar-refractivity contribution is 9.10. The molecule has 0 saturated carbocycles. The highest BCUT2D eigenvalue weighted by atomic mass is 79.9. The molecule has 1 aliphatic rings. The van der Waals surface area contributed by atoms with Crippen molar-refractivity contribution in [3.8, 4) is 0 Å². The lowest BCUT2D eigenvalue weighted by Gasteiger charge is -2.33. The molecule has 146 valence electrons. The van der Waals surface area contributed by atoms with Crippen LogP contribution < -0.4 is 5.32 Å². The van der Waals surface area contributed by atoms with Gasteiger partial charge in [-0.25, -0.2) is 8.42 Å². The molecule has 0 aliphatic carbocycles. The molecule has 1 N–H and O–H groups in total. The van der Waals surface area contributed by atoms with Gasteiger partial charge in [0.1, 0.15) is 4.21 Å². The van der Waals surface area contributed by atoms with Crippen LogP contribution in [0.5, 0.6) is 0 Å². The van der Waals surface area contributed by atoms with Crippen molar-refractivity contribution in [1.82, 2.24) is 14.5 Å². The maximum absolute atomic E-state index is 12.6. The Morgan fingerprint density at radius 3 is 2.44 bits per heavy atom. The fourth-order valence-electron chi connectivity index (χ4n) is 2.65. The van der Waals surface area contributed by atoms with Gasteiger partial charge < -0.3 is 14.6 Å². The Kier molecular flexibility index (Phi) is 6.04. The second-order valence-electron chi connectivity index (χ2n) is 5.94. The molecule has 2 aromatic rings. The number of nitrogens with one attached hydrogen (secondary N) is 1. The van der Waals surface area contributed by atoms with E-state index in [-0.39, 0.29) is 44.4 Å². The van der Waals surface area contributed by atoms with Gasteiger partial charge in [-0.1, -0.05) is 0 Å². The lowest BCUT2D eigenvalue weighted by Crippen LogP contribution is -2.52. The molecule has 0 radical (unpaired) electrons. The fraction of sp³-hybridized carbons (Fsp3) is 0.375. The zero-order chi connectivity index (χ0) is 19.6. The quantitative estimate of drug-likeness (QED) is 0.708. The lowest BCUT2D eigenvalue weighted by molar-refractivity contribution is -0.131. The molecule has 0 unspecified atom stereocenters. The Morgan fingerprint density at radius 2 is 1.89 bits per heavy atom. The third-order valence-corrected chi connectivity index (χ3v) is 7.89. The summed E-state index contributed by atoms with van der Waals surface area (Å²) in [5.74, 6) is -0.641. The zero-order valence-corrected chi connectivity index (χ0v) is 17.7. The predicted molar refractivity (Wildman–Crippen MR) is 103 cm³/mol. The number of hydrogen-bond acceptors (Lipinski definition) is 6. The molecule has 0 bridgehead atoms. The van der Waals surface area contributed by atoms with Crippen LogP contribution in [0.4, 0.5) is 0 Å². The van der Waals surface area contributed by atoms with Crippen molar-refractivity contribution >= 4 is 49.1 Å². The standard InChI is InChI=1S/C16H18BrN3O5S2/c1-11-2-5-15(26-11)27(23,24)20-8-6-19(7-9-20)14(21)10-18-16(22)12-3-4-13(17)25-12/h2-5H,6-10H2,1H3,(H,18,22). The topological polar surface area (TPSA) is 99.9 Å². The van der Waals surface area contributed by atoms with E-state index in [4.69, 9.17) is 4.42 Å². The van der Waals surface area contributed by atoms with Crippen molar-refractivity contribution in [2.24, 2.45) is 0 Å². The van der Waals surface area contributed by atoms with E-state index in [0.29, 0.717) is 8.88 Å². The van der Waals surface area contributed by atoms with Crippen molar-refractivity contribution in [3.63, 3.8) is 0 Å². The van der Waals surface area contributed by atoms with Gasteiger partial charge in [0.25, 0.3) is 15.9 Å². The molecule has 0 atom stereocenters. The maximum Gasteiger partial charge on any atom is 0.287 e. The Labute approximate surface area is 169 Å². The number of aryl methyl sites for hydroxylation is 1. The maximum atomic E-state index is 12.6. The third kappa shape index (κ3) is 4.60. The van der Waals surface area contributed by atoms with Crippen LogP contribution in [-0.2, 0) is 14.8 Å². The highest BCUT2D eigenvalue weighted by Gasteiger charge is 2.31. The Morgan fingerprint density at radius 1 is 1.19 bits per heavy atom. The van der Waals surface area contributed by atoms with Gasteiger partial charge in [0, 0.05) is 31.1 Å². The first-order chi connectivity index (χ1) is 12.8. The van der Waals surface area contributed by atoms with Gasteiger partial charge in [-0.2, -0.15) is 4.31 Å². The Bertz CT molecular complexity index is 945. The minimum atomic E-state index is -3.52. The average Bonchev–Trinajstić information content (AvgIpc) is 3.28. The Hall–Kier alpha value is -1.69. The van der Waals surface area contributed by atoms with Crippen molar-refractivity contribution < 1.29 is 22.4 Å². The van der Waals surface area contributed by atoms with Gasteiger partial charge in [-0.15, -0.1) is 11.3 Å². The van der Waals surface area contributed by atoms with Crippen LogP contribution in [-0.4, -0.2) is 62.2 Å². The van der Waals surface area contributed by atoms with Gasteiger partial charge >= 0.3 is 0 Å². The lowest BCUT2D eigenvalue weighted by atomic mass is 10.3. The van der Waals surface area contributed by atoms with Gasteiger partial charge in [-0.3, -0.25) is 9.59 Å². The molecule has 3 rings (SSSR count). The molecule has 8 nitrogen and oxygen atoms in total. The van der Waals surface area contributed by atoms with E-state index in [1.54, 1.807) is 23.1 Å². The molecule has 1 fully saturated rings. The number of carbonyl (C=O) groups is 2. The van der Waals surface area contributed by atoms with E-state index in [2.05, 4.69) is 21.2 Å². The zero-order valence-electron chi connectivity index (χ0n) is 14.5. The smallest absolute Gasteiger partial charge is 0.287 e. The SMILES string of the molecule is Cc1ccc(S(=O)(=O)N2CCN(C(=O)CNC(=O)c3ccc(Br)o3)CC2)s1. The predicted octanol–water partition coefficient (Wildman–Crippen LogP) is 1.67. The second-order valence-corrected chi connectivity index (χ2v) is 10.2. The molecular formula is C16H18BrN3O5S2. The van der Waals surface area contributed by atoms with Crippen molar-refractivity contribution in [3.05, 3.63) is 39.6 Å². The molecule has 1 saturated heterocycles. The van der Waals surface area contributed by atoms with Gasteiger partial charge in [-0.05, 0) is 47.1 Å². The number of furan rings is 1. The van der Waals surface area contributed by atoms with Crippen molar-refractivity contribution in [1.29, 1.82) is 0 Å². The van der Waals surface area contributed by atoms with Crippen LogP contribution >= 0.6 is 27.3 Å². The van der Waals surface area contributed by atoms with E-state index in [1.807, 2.05) is 6.92 Å². The van der Waals surface area contributed by atoms with Crippen LogP contribution in [0.1, 0.15) is 15.4 Å². The first kappa shape index (κ1) is 20.1. The van der Waals surface area contributed by atoms with E-state index in [1.165, 1.54) is 21.7 Å². The van der Waals surface area contributed by atoms with E-state index >= 15 is 0 Å². The first-order valence-electron chi connectivity index (χ1n) is 8.15. The number of halogens is 1. The number of rotatable bonds is 5. The summed E-state index contributed by atoms with van der Waals surface area (Å²) in [5.41, 5.74) is 0. The van der Waals surface area contributed by atoms with E-state index in [9.17, 15) is 18.0 Å². The molecule has 2 aromatic heterocycles. The normalized spacial score (nSPS) is 15.7. The minimum Gasteiger partial charge on any atom is -0.444 e. The fourth-order valence-corrected chi connectivity index (χ4v) is 5.81. The summed E-state index contributed by atoms with van der Waals surface area (Å²) in [4.78, 5) is 26.7. The van der Waals surface area contributed by atoms with Crippen LogP contribution in [0.3, 0.4) is 0 Å². The first-order valence-corrected chi connectivity index (χ1v) is 11.2. The number of piperazine rings is 1. The summed E-state index contributed by atoms with van der Waals surface area (Å²) in [5, 5.41) is 2.50. The molecule has 27 heavy (non-hydrogen) atoms. The van der Waals surface area contributed by atoms with E-state index < -0.39 is 15.9 Å². The highest BCUT2D eigenvalue weighted by Crippen LogP contribution is 2.25. The summed E-state index contributed by atoms with van der Waals surface area (Å²) < 4.78 is 32.5. The van der Waals surface area contributed by atoms with Gasteiger partial charge in [0.15, 0.2) is 10.4 Å². The molecule has 11 heteroatoms. The van der Waals surface area contributed by atoms with Crippen molar-refractivity contribution in [2.75, 3.05) is 32.7 Å². The molecule has 1 aliphatic heterocycles. The van der Waals surface area contributed by atoms with Gasteiger partial charge in [0.05, 0.1) is 6.54 Å².